The maximum atomic E-state index is 12.6. The topological polar surface area (TPSA) is 99.9 Å². The van der Waals surface area contributed by atoms with Crippen molar-refractivity contribution in [3.63, 3.8) is 0 Å². The van der Waals surface area contributed by atoms with E-state index in [0.29, 0.717) is 30.4 Å². The molecule has 0 unspecified atom stereocenters. The highest BCUT2D eigenvalue weighted by molar-refractivity contribution is 6.05. The quantitative estimate of drug-likeness (QED) is 0.525. The monoisotopic (exact) mass is 374 g/mol. The summed E-state index contributed by atoms with van der Waals surface area (Å²) in [6.07, 6.45) is 0. The van der Waals surface area contributed by atoms with E-state index in [1.807, 2.05) is 13.8 Å². The van der Waals surface area contributed by atoms with Gasteiger partial charge in [0.1, 0.15) is 11.5 Å². The Labute approximate surface area is 157 Å². The summed E-state index contributed by atoms with van der Waals surface area (Å²) < 4.78 is 16.2. The number of hydrogen-bond acceptors (Lipinski definition) is 6. The first-order valence-electron chi connectivity index (χ1n) is 8.62. The van der Waals surface area contributed by atoms with Crippen molar-refractivity contribution < 1.29 is 23.9 Å². The molecular weight excluding hydrogens is 352 g/mol. The predicted octanol–water partition coefficient (Wildman–Crippen LogP) is 4.04. The largest absolute Gasteiger partial charge is 0.494 e. The van der Waals surface area contributed by atoms with Gasteiger partial charge in [-0.05, 0) is 45.0 Å². The number of carbonyl (C=O) groups is 1. The van der Waals surface area contributed by atoms with Gasteiger partial charge in [0.25, 0.3) is 5.91 Å². The predicted molar refractivity (Wildman–Crippen MR) is 101 cm³/mol. The fourth-order valence-corrected chi connectivity index (χ4v) is 2.42. The number of nitro benzene ring substituents is 1. The highest BCUT2D eigenvalue weighted by atomic mass is 16.6. The van der Waals surface area contributed by atoms with Gasteiger partial charge in [-0.2, -0.15) is 0 Å². The van der Waals surface area contributed by atoms with Gasteiger partial charge in [0.15, 0.2) is 5.75 Å². The molecule has 0 atom stereocenters. The number of nitrogens with zero attached hydrogens (tertiary/aromatic N) is 1. The molecule has 0 heterocycles. The SMILES string of the molecule is CCOc1ccc(OCC)c(NC(=O)c2ccc(OCC)c([N+](=O)[O-])c2)c1. The van der Waals surface area contributed by atoms with Gasteiger partial charge in [-0.1, -0.05) is 0 Å². The normalized spacial score (nSPS) is 10.2. The third-order valence-corrected chi connectivity index (χ3v) is 3.53. The Bertz CT molecular complexity index is 822. The van der Waals surface area contributed by atoms with Crippen LogP contribution >= 0.6 is 0 Å². The van der Waals surface area contributed by atoms with Crippen molar-refractivity contribution in [2.24, 2.45) is 0 Å². The minimum atomic E-state index is -0.580. The molecule has 0 aliphatic carbocycles. The number of rotatable bonds is 9. The van der Waals surface area contributed by atoms with Gasteiger partial charge in [0.2, 0.25) is 0 Å². The molecule has 0 aliphatic heterocycles. The Hall–Kier alpha value is -3.29. The zero-order chi connectivity index (χ0) is 19.8. The van der Waals surface area contributed by atoms with Crippen LogP contribution in [0.1, 0.15) is 31.1 Å². The Morgan fingerprint density at radius 3 is 2.22 bits per heavy atom. The first-order chi connectivity index (χ1) is 13.0. The van der Waals surface area contributed by atoms with Gasteiger partial charge in [-0.3, -0.25) is 14.9 Å². The van der Waals surface area contributed by atoms with Crippen molar-refractivity contribution in [1.82, 2.24) is 0 Å². The van der Waals surface area contributed by atoms with Gasteiger partial charge < -0.3 is 19.5 Å². The van der Waals surface area contributed by atoms with E-state index in [2.05, 4.69) is 5.32 Å². The Morgan fingerprint density at radius 1 is 0.963 bits per heavy atom. The van der Waals surface area contributed by atoms with Crippen LogP contribution in [0, 0.1) is 10.1 Å². The molecule has 144 valence electrons. The van der Waals surface area contributed by atoms with Crippen LogP contribution in [0.4, 0.5) is 11.4 Å². The number of benzene rings is 2. The zero-order valence-electron chi connectivity index (χ0n) is 15.5. The highest BCUT2D eigenvalue weighted by Crippen LogP contribution is 2.31. The Morgan fingerprint density at radius 2 is 1.59 bits per heavy atom. The van der Waals surface area contributed by atoms with Crippen molar-refractivity contribution in [3.05, 3.63) is 52.1 Å². The van der Waals surface area contributed by atoms with E-state index >= 15 is 0 Å². The number of amides is 1. The fourth-order valence-electron chi connectivity index (χ4n) is 2.42. The second kappa shape index (κ2) is 9.42. The van der Waals surface area contributed by atoms with Crippen molar-refractivity contribution >= 4 is 17.3 Å². The van der Waals surface area contributed by atoms with Gasteiger partial charge in [0, 0.05) is 17.7 Å². The second-order valence-electron chi connectivity index (χ2n) is 5.35. The van der Waals surface area contributed by atoms with E-state index in [1.165, 1.54) is 18.2 Å². The summed E-state index contributed by atoms with van der Waals surface area (Å²) in [7, 11) is 0. The number of carbonyl (C=O) groups excluding carboxylic acids is 1. The molecule has 1 N–H and O–H groups in total. The summed E-state index contributed by atoms with van der Waals surface area (Å²) in [5.74, 6) is 0.673. The van der Waals surface area contributed by atoms with E-state index in [9.17, 15) is 14.9 Å². The molecule has 27 heavy (non-hydrogen) atoms. The van der Waals surface area contributed by atoms with Crippen molar-refractivity contribution in [2.75, 3.05) is 25.1 Å². The third kappa shape index (κ3) is 5.10. The molecule has 0 aromatic heterocycles. The smallest absolute Gasteiger partial charge is 0.311 e. The number of hydrogen-bond donors (Lipinski definition) is 1. The first kappa shape index (κ1) is 20.0. The maximum absolute atomic E-state index is 12.6. The maximum Gasteiger partial charge on any atom is 0.311 e. The van der Waals surface area contributed by atoms with Crippen LogP contribution in [0.5, 0.6) is 17.2 Å². The van der Waals surface area contributed by atoms with Crippen molar-refractivity contribution in [1.29, 1.82) is 0 Å². The Balaban J connectivity index is 2.32. The number of anilines is 1. The lowest BCUT2D eigenvalue weighted by atomic mass is 10.1. The van der Waals surface area contributed by atoms with E-state index in [1.54, 1.807) is 25.1 Å². The molecule has 0 saturated heterocycles. The van der Waals surface area contributed by atoms with Crippen LogP contribution in [0.15, 0.2) is 36.4 Å². The lowest BCUT2D eigenvalue weighted by Crippen LogP contribution is -2.14. The number of nitro groups is 1. The van der Waals surface area contributed by atoms with Crippen LogP contribution in [0.3, 0.4) is 0 Å². The van der Waals surface area contributed by atoms with Gasteiger partial charge >= 0.3 is 5.69 Å². The summed E-state index contributed by atoms with van der Waals surface area (Å²) >= 11 is 0. The van der Waals surface area contributed by atoms with E-state index in [0.717, 1.165) is 0 Å². The van der Waals surface area contributed by atoms with E-state index in [4.69, 9.17) is 14.2 Å². The molecule has 8 nitrogen and oxygen atoms in total. The molecule has 2 aromatic rings. The summed E-state index contributed by atoms with van der Waals surface area (Å²) in [6, 6.07) is 9.16. The summed E-state index contributed by atoms with van der Waals surface area (Å²) in [4.78, 5) is 23.3. The Kier molecular flexibility index (Phi) is 6.99. The van der Waals surface area contributed by atoms with Crippen molar-refractivity contribution in [2.45, 2.75) is 20.8 Å². The molecule has 0 radical (unpaired) electrons. The molecule has 0 saturated carbocycles. The highest BCUT2D eigenvalue weighted by Gasteiger charge is 2.19. The van der Waals surface area contributed by atoms with Gasteiger partial charge in [-0.15, -0.1) is 0 Å². The number of ether oxygens (including phenoxy) is 3. The van der Waals surface area contributed by atoms with Crippen LogP contribution in [0.25, 0.3) is 0 Å². The van der Waals surface area contributed by atoms with Crippen LogP contribution in [-0.2, 0) is 0 Å². The molecule has 8 heteroatoms. The molecule has 2 rings (SSSR count). The second-order valence-corrected chi connectivity index (χ2v) is 5.35. The fraction of sp³-hybridized carbons (Fsp3) is 0.316. The lowest BCUT2D eigenvalue weighted by Gasteiger charge is -2.14. The summed E-state index contributed by atoms with van der Waals surface area (Å²) in [5, 5.41) is 14.0. The number of nitrogens with one attached hydrogen (secondary N) is 1. The average molecular weight is 374 g/mol. The lowest BCUT2D eigenvalue weighted by molar-refractivity contribution is -0.385. The average Bonchev–Trinajstić information content (AvgIpc) is 2.64. The van der Waals surface area contributed by atoms with Crippen LogP contribution < -0.4 is 19.5 Å². The van der Waals surface area contributed by atoms with Gasteiger partial charge in [0.05, 0.1) is 30.4 Å². The molecule has 0 aliphatic rings. The molecule has 1 amide bonds. The minimum Gasteiger partial charge on any atom is -0.494 e. The van der Waals surface area contributed by atoms with Crippen LogP contribution in [0.2, 0.25) is 0 Å². The van der Waals surface area contributed by atoms with E-state index in [-0.39, 0.29) is 23.6 Å². The summed E-state index contributed by atoms with van der Waals surface area (Å²) in [6.45, 7) is 6.60. The van der Waals surface area contributed by atoms with Gasteiger partial charge in [-0.25, -0.2) is 0 Å². The molecule has 2 aromatic carbocycles. The third-order valence-electron chi connectivity index (χ3n) is 3.53. The zero-order valence-corrected chi connectivity index (χ0v) is 15.5. The minimum absolute atomic E-state index is 0.118. The molecular formula is C19H22N2O6. The standard InChI is InChI=1S/C19H22N2O6/c1-4-25-14-8-10-17(26-5-2)15(12-14)20-19(22)13-7-9-18(27-6-3)16(11-13)21(23)24/h7-12H,4-6H2,1-3H3,(H,20,22). The molecule has 0 bridgehead atoms. The first-order valence-corrected chi connectivity index (χ1v) is 8.62. The molecule has 0 spiro atoms. The van der Waals surface area contributed by atoms with Crippen LogP contribution in [-0.4, -0.2) is 30.7 Å². The summed E-state index contributed by atoms with van der Waals surface area (Å²) in [5.41, 5.74) is 0.288. The molecule has 0 fully saturated rings. The van der Waals surface area contributed by atoms with E-state index < -0.39 is 10.8 Å². The van der Waals surface area contributed by atoms with Crippen molar-refractivity contribution in [3.8, 4) is 17.2 Å².